The molecule has 0 spiro atoms. The van der Waals surface area contributed by atoms with Gasteiger partial charge in [0.15, 0.2) is 0 Å². The number of nitrogens with zero attached hydrogens (tertiary/aromatic N) is 1. The van der Waals surface area contributed by atoms with Gasteiger partial charge in [-0.05, 0) is 63.5 Å². The first-order chi connectivity index (χ1) is 17.8. The molecule has 1 aromatic heterocycles. The molecule has 3 aromatic carbocycles. The molecule has 1 aliphatic rings. The van der Waals surface area contributed by atoms with Crippen LogP contribution in [0.15, 0.2) is 65.3 Å². The molecule has 0 fully saturated rings. The van der Waals surface area contributed by atoms with Crippen molar-refractivity contribution in [2.75, 3.05) is 6.61 Å². The van der Waals surface area contributed by atoms with E-state index >= 15 is 0 Å². The molecule has 0 saturated carbocycles. The van der Waals surface area contributed by atoms with Gasteiger partial charge in [0, 0.05) is 23.6 Å². The van der Waals surface area contributed by atoms with Crippen LogP contribution in [0.4, 0.5) is 8.78 Å². The van der Waals surface area contributed by atoms with Gasteiger partial charge in [-0.15, -0.1) is 0 Å². The highest BCUT2D eigenvalue weighted by molar-refractivity contribution is 9.10. The van der Waals surface area contributed by atoms with Crippen LogP contribution in [0.2, 0.25) is 0 Å². The molecule has 5 rings (SSSR count). The Morgan fingerprint density at radius 1 is 1.08 bits per heavy atom. The molecule has 188 valence electrons. The maximum absolute atomic E-state index is 14.1. The van der Waals surface area contributed by atoms with E-state index in [0.29, 0.717) is 30.0 Å². The number of hydrogen-bond donors (Lipinski definition) is 2. The van der Waals surface area contributed by atoms with Crippen LogP contribution in [-0.2, 0) is 17.6 Å². The van der Waals surface area contributed by atoms with Gasteiger partial charge in [-0.1, -0.05) is 36.4 Å². The number of aromatic nitrogens is 1. The fourth-order valence-corrected chi connectivity index (χ4v) is 5.27. The molecule has 0 radical (unpaired) electrons. The number of nitrogens with one attached hydrogen (secondary N) is 1. The Labute approximate surface area is 219 Å². The van der Waals surface area contributed by atoms with Crippen LogP contribution in [0.5, 0.6) is 5.75 Å². The summed E-state index contributed by atoms with van der Waals surface area (Å²) in [5, 5.41) is 14.0. The Morgan fingerprint density at radius 2 is 1.84 bits per heavy atom. The largest absolute Gasteiger partial charge is 0.493 e. The van der Waals surface area contributed by atoms with Crippen molar-refractivity contribution in [3.63, 3.8) is 0 Å². The van der Waals surface area contributed by atoms with Crippen molar-refractivity contribution < 1.29 is 28.2 Å². The number of fused-ring (bicyclic) bond motifs is 2. The summed E-state index contributed by atoms with van der Waals surface area (Å²) >= 11 is 3.68. The number of amides is 1. The highest BCUT2D eigenvalue weighted by Gasteiger charge is 2.28. The molecule has 37 heavy (non-hydrogen) atoms. The van der Waals surface area contributed by atoms with Gasteiger partial charge in [-0.25, -0.2) is 13.6 Å². The number of pyridine rings is 1. The van der Waals surface area contributed by atoms with Gasteiger partial charge in [-0.3, -0.25) is 9.78 Å². The molecule has 1 atom stereocenters. The normalized spacial score (nSPS) is 13.5. The molecule has 6 nitrogen and oxygen atoms in total. The van der Waals surface area contributed by atoms with E-state index in [1.54, 1.807) is 12.3 Å². The van der Waals surface area contributed by atoms with E-state index in [9.17, 15) is 23.5 Å². The fraction of sp³-hybridized carbons (Fsp3) is 0.179. The molecular formula is C28H21BrF2N2O4. The number of hydrogen-bond acceptors (Lipinski definition) is 4. The van der Waals surface area contributed by atoms with Crippen molar-refractivity contribution in [3.8, 4) is 17.0 Å². The monoisotopic (exact) mass is 566 g/mol. The molecule has 1 amide bonds. The van der Waals surface area contributed by atoms with Gasteiger partial charge in [0.1, 0.15) is 29.0 Å². The van der Waals surface area contributed by atoms with Crippen LogP contribution < -0.4 is 10.1 Å². The molecule has 2 heterocycles. The number of rotatable bonds is 6. The summed E-state index contributed by atoms with van der Waals surface area (Å²) in [6.45, 7) is 0.500. The second-order valence-corrected chi connectivity index (χ2v) is 9.50. The van der Waals surface area contributed by atoms with Crippen molar-refractivity contribution >= 4 is 38.6 Å². The minimum Gasteiger partial charge on any atom is -0.493 e. The van der Waals surface area contributed by atoms with Crippen molar-refractivity contribution in [1.29, 1.82) is 0 Å². The van der Waals surface area contributed by atoms with Crippen LogP contribution in [0.25, 0.3) is 22.0 Å². The summed E-state index contributed by atoms with van der Waals surface area (Å²) in [5.41, 5.74) is 2.13. The van der Waals surface area contributed by atoms with Crippen LogP contribution in [0.1, 0.15) is 27.9 Å². The minimum absolute atomic E-state index is 0.0879. The van der Waals surface area contributed by atoms with E-state index in [4.69, 9.17) is 4.74 Å². The van der Waals surface area contributed by atoms with Crippen molar-refractivity contribution in [2.24, 2.45) is 0 Å². The zero-order valence-corrected chi connectivity index (χ0v) is 21.0. The summed E-state index contributed by atoms with van der Waals surface area (Å²) < 4.78 is 35.0. The Morgan fingerprint density at radius 3 is 2.59 bits per heavy atom. The lowest BCUT2D eigenvalue weighted by Crippen LogP contribution is -2.43. The zero-order valence-electron chi connectivity index (χ0n) is 19.4. The van der Waals surface area contributed by atoms with Crippen LogP contribution in [-0.4, -0.2) is 34.6 Å². The average Bonchev–Trinajstić information content (AvgIpc) is 2.89. The predicted molar refractivity (Wildman–Crippen MR) is 138 cm³/mol. The fourth-order valence-electron chi connectivity index (χ4n) is 4.59. The van der Waals surface area contributed by atoms with Gasteiger partial charge < -0.3 is 15.2 Å². The summed E-state index contributed by atoms with van der Waals surface area (Å²) in [5.74, 6) is -3.97. The molecule has 2 N–H and O–H groups in total. The second kappa shape index (κ2) is 10.3. The second-order valence-electron chi connectivity index (χ2n) is 8.71. The number of halogens is 3. The molecule has 0 bridgehead atoms. The van der Waals surface area contributed by atoms with Gasteiger partial charge >= 0.3 is 5.97 Å². The lowest BCUT2D eigenvalue weighted by molar-refractivity contribution is -0.139. The van der Waals surface area contributed by atoms with Crippen LogP contribution >= 0.6 is 15.9 Å². The molecular weight excluding hydrogens is 546 g/mol. The molecule has 0 saturated heterocycles. The van der Waals surface area contributed by atoms with Gasteiger partial charge in [0.2, 0.25) is 0 Å². The lowest BCUT2D eigenvalue weighted by Gasteiger charge is -2.25. The first-order valence-electron chi connectivity index (χ1n) is 11.6. The number of ether oxygens (including phenoxy) is 1. The third kappa shape index (κ3) is 4.79. The lowest BCUT2D eigenvalue weighted by atomic mass is 9.91. The van der Waals surface area contributed by atoms with E-state index in [1.807, 2.05) is 30.3 Å². The van der Waals surface area contributed by atoms with E-state index < -0.39 is 35.1 Å². The van der Waals surface area contributed by atoms with Crippen molar-refractivity contribution in [3.05, 3.63) is 93.6 Å². The van der Waals surface area contributed by atoms with E-state index in [2.05, 4.69) is 26.2 Å². The Balaban J connectivity index is 1.50. The first-order valence-corrected chi connectivity index (χ1v) is 12.4. The predicted octanol–water partition coefficient (Wildman–Crippen LogP) is 5.69. The average molecular weight is 567 g/mol. The summed E-state index contributed by atoms with van der Waals surface area (Å²) in [4.78, 5) is 29.2. The number of carbonyl (C=O) groups is 2. The number of aliphatic carboxylic acids is 1. The van der Waals surface area contributed by atoms with E-state index in [0.717, 1.165) is 51.0 Å². The number of benzene rings is 3. The minimum atomic E-state index is -1.41. The number of carboxylic acid groups (broad SMARTS) is 1. The molecule has 0 aliphatic carbocycles. The Hall–Kier alpha value is -3.85. The van der Waals surface area contributed by atoms with Gasteiger partial charge in [0.05, 0.1) is 16.8 Å². The quantitative estimate of drug-likeness (QED) is 0.313. The van der Waals surface area contributed by atoms with E-state index in [1.165, 1.54) is 0 Å². The van der Waals surface area contributed by atoms with Crippen LogP contribution in [0, 0.1) is 11.6 Å². The Bertz CT molecular complexity index is 1520. The summed E-state index contributed by atoms with van der Waals surface area (Å²) in [6, 6.07) is 13.1. The van der Waals surface area contributed by atoms with Crippen molar-refractivity contribution in [1.82, 2.24) is 10.3 Å². The molecule has 0 unspecified atom stereocenters. The molecule has 4 aromatic rings. The Kier molecular flexibility index (Phi) is 6.88. The maximum atomic E-state index is 14.1. The maximum Gasteiger partial charge on any atom is 0.326 e. The summed E-state index contributed by atoms with van der Waals surface area (Å²) in [7, 11) is 0. The molecule has 9 heteroatoms. The number of carboxylic acids is 1. The highest BCUT2D eigenvalue weighted by atomic mass is 79.9. The van der Waals surface area contributed by atoms with E-state index in [-0.39, 0.29) is 6.42 Å². The zero-order chi connectivity index (χ0) is 26.1. The SMILES string of the molecule is O=C(N[C@@H](Cc1ccc(-c2ncc3ccccc3c2Br)c2c1CCCO2)C(=O)O)c1c(F)cccc1F. The third-order valence-electron chi connectivity index (χ3n) is 6.39. The van der Waals surface area contributed by atoms with Gasteiger partial charge in [-0.2, -0.15) is 0 Å². The third-order valence-corrected chi connectivity index (χ3v) is 7.19. The standard InChI is InChI=1S/C28H21BrF2N2O4/c29-24-17-6-2-1-5-16(17)14-32-25(24)19-11-10-15(18-7-4-12-37-26(18)19)13-22(28(35)36)33-27(34)23-20(30)8-3-9-21(23)31/h1-3,5-6,8-11,14,22H,4,7,12-13H2,(H,33,34)(H,35,36)/t22-/m0/s1. The van der Waals surface area contributed by atoms with Crippen molar-refractivity contribution in [2.45, 2.75) is 25.3 Å². The highest BCUT2D eigenvalue weighted by Crippen LogP contribution is 2.42. The smallest absolute Gasteiger partial charge is 0.326 e. The summed E-state index contributed by atoms with van der Waals surface area (Å²) in [6.07, 6.45) is 3.08. The number of carbonyl (C=O) groups excluding carboxylic acids is 1. The molecule has 1 aliphatic heterocycles. The van der Waals surface area contributed by atoms with Gasteiger partial charge in [0.25, 0.3) is 5.91 Å². The topological polar surface area (TPSA) is 88.5 Å². The first kappa shape index (κ1) is 24.8. The van der Waals surface area contributed by atoms with Crippen LogP contribution in [0.3, 0.4) is 0 Å².